The van der Waals surface area contributed by atoms with Crippen molar-refractivity contribution in [2.75, 3.05) is 13.6 Å². The lowest BCUT2D eigenvalue weighted by atomic mass is 9.84. The second kappa shape index (κ2) is 4.91. The number of pyridine rings is 1. The van der Waals surface area contributed by atoms with Crippen LogP contribution in [0.4, 0.5) is 0 Å². The lowest BCUT2D eigenvalue weighted by molar-refractivity contribution is 0.432. The zero-order chi connectivity index (χ0) is 14.2. The van der Waals surface area contributed by atoms with E-state index in [9.17, 15) is 0 Å². The Morgan fingerprint density at radius 3 is 2.45 bits per heavy atom. The monoisotopic (exact) mass is 285 g/mol. The molecule has 3 rings (SSSR count). The molecule has 3 nitrogen and oxygen atoms in total. The van der Waals surface area contributed by atoms with E-state index in [1.165, 1.54) is 0 Å². The molecular formula is C16H16ClN3. The smallest absolute Gasteiger partial charge is 0.131 e. The first-order valence-corrected chi connectivity index (χ1v) is 6.94. The second-order valence-corrected chi connectivity index (χ2v) is 5.56. The maximum atomic E-state index is 6.01. The lowest BCUT2D eigenvalue weighted by Gasteiger charge is -2.28. The van der Waals surface area contributed by atoms with Crippen molar-refractivity contribution in [3.63, 3.8) is 0 Å². The van der Waals surface area contributed by atoms with Gasteiger partial charge in [0.15, 0.2) is 0 Å². The largest absolute Gasteiger partial charge is 0.360 e. The predicted molar refractivity (Wildman–Crippen MR) is 82.2 cm³/mol. The highest BCUT2D eigenvalue weighted by atomic mass is 35.5. The molecule has 0 spiro atoms. The molecule has 1 aliphatic rings. The number of hydrogen-bond acceptors (Lipinski definition) is 3. The number of halogens is 1. The van der Waals surface area contributed by atoms with Crippen molar-refractivity contribution in [1.82, 2.24) is 9.88 Å². The highest BCUT2D eigenvalue weighted by Gasteiger charge is 2.40. The van der Waals surface area contributed by atoms with Crippen LogP contribution in [0.25, 0.3) is 0 Å². The summed E-state index contributed by atoms with van der Waals surface area (Å²) in [6.45, 7) is 2.85. The number of aliphatic imine (C=N–C) groups is 1. The van der Waals surface area contributed by atoms with E-state index in [-0.39, 0.29) is 0 Å². The number of aromatic nitrogens is 1. The first-order valence-electron chi connectivity index (χ1n) is 6.56. The minimum absolute atomic E-state index is 0.391. The van der Waals surface area contributed by atoms with Crippen molar-refractivity contribution in [2.45, 2.75) is 12.5 Å². The van der Waals surface area contributed by atoms with Crippen LogP contribution in [0.1, 0.15) is 18.1 Å². The fourth-order valence-electron chi connectivity index (χ4n) is 2.67. The summed E-state index contributed by atoms with van der Waals surface area (Å²) in [7, 11) is 2.06. The average Bonchev–Trinajstić information content (AvgIpc) is 2.77. The number of amidine groups is 1. The third kappa shape index (κ3) is 2.08. The van der Waals surface area contributed by atoms with Gasteiger partial charge in [0.25, 0.3) is 0 Å². The quantitative estimate of drug-likeness (QED) is 0.847. The maximum absolute atomic E-state index is 6.01. The molecule has 1 aliphatic heterocycles. The van der Waals surface area contributed by atoms with Gasteiger partial charge < -0.3 is 4.90 Å². The van der Waals surface area contributed by atoms with E-state index in [1.807, 2.05) is 43.5 Å². The number of hydrogen-bond donors (Lipinski definition) is 0. The molecule has 102 valence electrons. The Morgan fingerprint density at radius 2 is 1.90 bits per heavy atom. The van der Waals surface area contributed by atoms with Crippen molar-refractivity contribution in [1.29, 1.82) is 0 Å². The summed E-state index contributed by atoms with van der Waals surface area (Å²) in [6, 6.07) is 12.0. The minimum Gasteiger partial charge on any atom is -0.360 e. The van der Waals surface area contributed by atoms with Gasteiger partial charge in [0, 0.05) is 30.0 Å². The van der Waals surface area contributed by atoms with Crippen LogP contribution in [0.2, 0.25) is 5.02 Å². The molecular weight excluding hydrogens is 270 g/mol. The molecule has 1 unspecified atom stereocenters. The molecule has 0 radical (unpaired) electrons. The van der Waals surface area contributed by atoms with E-state index < -0.39 is 5.54 Å². The number of nitrogens with zero attached hydrogens (tertiary/aromatic N) is 3. The average molecular weight is 286 g/mol. The Hall–Kier alpha value is -1.87. The Labute approximate surface area is 123 Å². The van der Waals surface area contributed by atoms with Gasteiger partial charge in [-0.3, -0.25) is 9.98 Å². The molecule has 2 aromatic rings. The Bertz CT molecular complexity index is 637. The van der Waals surface area contributed by atoms with Gasteiger partial charge in [-0.25, -0.2) is 0 Å². The van der Waals surface area contributed by atoms with Gasteiger partial charge in [0.1, 0.15) is 5.54 Å². The van der Waals surface area contributed by atoms with E-state index >= 15 is 0 Å². The summed E-state index contributed by atoms with van der Waals surface area (Å²) in [5, 5.41) is 0.738. The van der Waals surface area contributed by atoms with Gasteiger partial charge >= 0.3 is 0 Å². The third-order valence-electron chi connectivity index (χ3n) is 3.83. The molecule has 0 saturated heterocycles. The van der Waals surface area contributed by atoms with Crippen LogP contribution >= 0.6 is 11.6 Å². The SMILES string of the molecule is CC1=NC(c2ccc(Cl)cc2)(c2cccnc2)CN1C. The van der Waals surface area contributed by atoms with Crippen LogP contribution < -0.4 is 0 Å². The summed E-state index contributed by atoms with van der Waals surface area (Å²) in [5.74, 6) is 1.03. The summed E-state index contributed by atoms with van der Waals surface area (Å²) in [4.78, 5) is 11.4. The van der Waals surface area contributed by atoms with Crippen LogP contribution in [0.3, 0.4) is 0 Å². The molecule has 20 heavy (non-hydrogen) atoms. The molecule has 0 saturated carbocycles. The van der Waals surface area contributed by atoms with Gasteiger partial charge in [-0.15, -0.1) is 0 Å². The van der Waals surface area contributed by atoms with E-state index in [0.29, 0.717) is 0 Å². The number of rotatable bonds is 2. The van der Waals surface area contributed by atoms with Gasteiger partial charge in [-0.1, -0.05) is 29.8 Å². The first-order chi connectivity index (χ1) is 9.62. The Morgan fingerprint density at radius 1 is 1.15 bits per heavy atom. The molecule has 4 heteroatoms. The van der Waals surface area contributed by atoms with E-state index in [4.69, 9.17) is 16.6 Å². The highest BCUT2D eigenvalue weighted by molar-refractivity contribution is 6.30. The van der Waals surface area contributed by atoms with Crippen molar-refractivity contribution in [3.05, 3.63) is 64.9 Å². The van der Waals surface area contributed by atoms with Gasteiger partial charge in [0.05, 0.1) is 12.4 Å². The van der Waals surface area contributed by atoms with Crippen molar-refractivity contribution in [3.8, 4) is 0 Å². The summed E-state index contributed by atoms with van der Waals surface area (Å²) < 4.78 is 0. The van der Waals surface area contributed by atoms with Crippen molar-refractivity contribution in [2.24, 2.45) is 4.99 Å². The highest BCUT2D eigenvalue weighted by Crippen LogP contribution is 2.38. The minimum atomic E-state index is -0.391. The molecule has 0 N–H and O–H groups in total. The topological polar surface area (TPSA) is 28.5 Å². The second-order valence-electron chi connectivity index (χ2n) is 5.12. The third-order valence-corrected chi connectivity index (χ3v) is 4.08. The van der Waals surface area contributed by atoms with Gasteiger partial charge in [-0.2, -0.15) is 0 Å². The predicted octanol–water partition coefficient (Wildman–Crippen LogP) is 3.34. The number of benzene rings is 1. The van der Waals surface area contributed by atoms with E-state index in [0.717, 1.165) is 28.5 Å². The summed E-state index contributed by atoms with van der Waals surface area (Å²) in [6.07, 6.45) is 3.68. The maximum Gasteiger partial charge on any atom is 0.131 e. The molecule has 1 aromatic carbocycles. The normalized spacial score (nSPS) is 21.9. The molecule has 0 aliphatic carbocycles. The number of likely N-dealkylation sites (N-methyl/N-ethyl adjacent to an activating group) is 1. The van der Waals surface area contributed by atoms with Gasteiger partial charge in [0.2, 0.25) is 0 Å². The van der Waals surface area contributed by atoms with Crippen LogP contribution in [0.5, 0.6) is 0 Å². The molecule has 1 atom stereocenters. The summed E-state index contributed by atoms with van der Waals surface area (Å²) in [5.41, 5.74) is 1.85. The van der Waals surface area contributed by atoms with E-state index in [1.54, 1.807) is 6.20 Å². The molecule has 0 bridgehead atoms. The fraction of sp³-hybridized carbons (Fsp3) is 0.250. The Balaban J connectivity index is 2.17. The molecule has 0 fully saturated rings. The van der Waals surface area contributed by atoms with Crippen LogP contribution in [-0.4, -0.2) is 29.3 Å². The molecule has 1 aromatic heterocycles. The zero-order valence-corrected chi connectivity index (χ0v) is 12.3. The van der Waals surface area contributed by atoms with E-state index in [2.05, 4.69) is 23.0 Å². The van der Waals surface area contributed by atoms with Gasteiger partial charge in [-0.05, 0) is 30.7 Å². The van der Waals surface area contributed by atoms with Crippen molar-refractivity contribution < 1.29 is 0 Å². The standard InChI is InChI=1S/C16H16ClN3/c1-12-19-16(11-20(12)2,14-4-3-9-18-10-14)13-5-7-15(17)8-6-13/h3-10H,11H2,1-2H3. The fourth-order valence-corrected chi connectivity index (χ4v) is 2.79. The van der Waals surface area contributed by atoms with Crippen LogP contribution in [0, 0.1) is 0 Å². The lowest BCUT2D eigenvalue weighted by Crippen LogP contribution is -2.32. The Kier molecular flexibility index (Phi) is 3.22. The van der Waals surface area contributed by atoms with Crippen molar-refractivity contribution >= 4 is 17.4 Å². The zero-order valence-electron chi connectivity index (χ0n) is 11.5. The molecule has 2 heterocycles. The molecule has 0 amide bonds. The van der Waals surface area contributed by atoms with Crippen LogP contribution in [-0.2, 0) is 5.54 Å². The first kappa shape index (κ1) is 13.1. The summed E-state index contributed by atoms with van der Waals surface area (Å²) >= 11 is 6.01. The van der Waals surface area contributed by atoms with Crippen LogP contribution in [0.15, 0.2) is 53.8 Å².